The van der Waals surface area contributed by atoms with Gasteiger partial charge >= 0.3 is 6.61 Å². The number of ether oxygens (including phenoxy) is 2. The molecule has 0 aliphatic heterocycles. The van der Waals surface area contributed by atoms with Crippen LogP contribution in [0.3, 0.4) is 0 Å². The number of halogens is 3. The van der Waals surface area contributed by atoms with Crippen LogP contribution in [0.4, 0.5) is 8.78 Å². The van der Waals surface area contributed by atoms with E-state index in [0.29, 0.717) is 29.1 Å². The molecule has 0 aromatic heterocycles. The molecule has 144 valence electrons. The Morgan fingerprint density at radius 1 is 1.32 bits per heavy atom. The average molecular weight is 489 g/mol. The number of alkyl halides is 2. The second-order valence-electron chi connectivity index (χ2n) is 4.97. The van der Waals surface area contributed by atoms with Crippen LogP contribution < -0.4 is 20.1 Å². The maximum absolute atomic E-state index is 12.5. The summed E-state index contributed by atoms with van der Waals surface area (Å²) in [7, 11) is 1.52. The SMILES string of the molecule is CCNC(=NCc1cc(OC)ccc1OC(F)F)NCC(C)SC.I. The molecule has 0 aliphatic carbocycles. The van der Waals surface area contributed by atoms with E-state index in [2.05, 4.69) is 27.3 Å². The number of aliphatic imine (C=N–C) groups is 1. The minimum absolute atomic E-state index is 0. The summed E-state index contributed by atoms with van der Waals surface area (Å²) in [6.07, 6.45) is 2.04. The van der Waals surface area contributed by atoms with Crippen LogP contribution in [-0.2, 0) is 6.54 Å². The average Bonchev–Trinajstić information content (AvgIpc) is 2.57. The number of nitrogens with zero attached hydrogens (tertiary/aromatic N) is 1. The summed E-state index contributed by atoms with van der Waals surface area (Å²) in [6, 6.07) is 4.69. The van der Waals surface area contributed by atoms with Gasteiger partial charge in [-0.2, -0.15) is 20.5 Å². The van der Waals surface area contributed by atoms with E-state index in [9.17, 15) is 8.78 Å². The van der Waals surface area contributed by atoms with Crippen molar-refractivity contribution in [2.75, 3.05) is 26.5 Å². The van der Waals surface area contributed by atoms with Gasteiger partial charge in [-0.25, -0.2) is 4.99 Å². The standard InChI is InChI=1S/C16H25F2N3O2S.HI/c1-5-19-16(20-9-11(2)24-4)21-10-12-8-13(22-3)6-7-14(12)23-15(17)18;/h6-8,11,15H,5,9-10H2,1-4H3,(H2,19,20,21);1H. The summed E-state index contributed by atoms with van der Waals surface area (Å²) >= 11 is 1.75. The summed E-state index contributed by atoms with van der Waals surface area (Å²) in [6.45, 7) is 2.85. The topological polar surface area (TPSA) is 54.9 Å². The van der Waals surface area contributed by atoms with E-state index in [4.69, 9.17) is 4.74 Å². The molecule has 1 aromatic rings. The molecule has 0 spiro atoms. The van der Waals surface area contributed by atoms with Gasteiger partial charge in [0.2, 0.25) is 0 Å². The Hall–Kier alpha value is -0.970. The van der Waals surface area contributed by atoms with E-state index < -0.39 is 6.61 Å². The van der Waals surface area contributed by atoms with Crippen molar-refractivity contribution in [3.05, 3.63) is 23.8 Å². The Kier molecular flexibility index (Phi) is 12.7. The maximum atomic E-state index is 12.5. The number of guanidine groups is 1. The van der Waals surface area contributed by atoms with Crippen LogP contribution in [0, 0.1) is 0 Å². The lowest BCUT2D eigenvalue weighted by Crippen LogP contribution is -2.40. The van der Waals surface area contributed by atoms with E-state index >= 15 is 0 Å². The molecular formula is C16H26F2IN3O2S. The van der Waals surface area contributed by atoms with Gasteiger partial charge in [-0.15, -0.1) is 24.0 Å². The predicted octanol–water partition coefficient (Wildman–Crippen LogP) is 3.72. The summed E-state index contributed by atoms with van der Waals surface area (Å²) in [5.41, 5.74) is 0.532. The molecule has 9 heteroatoms. The van der Waals surface area contributed by atoms with Crippen molar-refractivity contribution in [3.8, 4) is 11.5 Å². The van der Waals surface area contributed by atoms with Gasteiger partial charge in [0.15, 0.2) is 5.96 Å². The molecule has 0 aliphatic rings. The molecule has 1 aromatic carbocycles. The first-order valence-electron chi connectivity index (χ1n) is 7.66. The van der Waals surface area contributed by atoms with E-state index in [1.54, 1.807) is 23.9 Å². The third-order valence-corrected chi connectivity index (χ3v) is 4.17. The molecule has 5 nitrogen and oxygen atoms in total. The highest BCUT2D eigenvalue weighted by atomic mass is 127. The van der Waals surface area contributed by atoms with E-state index in [-0.39, 0.29) is 36.3 Å². The van der Waals surface area contributed by atoms with Crippen molar-refractivity contribution in [1.29, 1.82) is 0 Å². The lowest BCUT2D eigenvalue weighted by molar-refractivity contribution is -0.0504. The third-order valence-electron chi connectivity index (χ3n) is 3.19. The molecule has 0 saturated heterocycles. The molecule has 0 bridgehead atoms. The molecule has 0 saturated carbocycles. The molecule has 1 rings (SSSR count). The molecule has 0 amide bonds. The molecule has 0 fully saturated rings. The van der Waals surface area contributed by atoms with Crippen molar-refractivity contribution in [2.24, 2.45) is 4.99 Å². The number of thioether (sulfide) groups is 1. The number of hydrogen-bond donors (Lipinski definition) is 2. The molecular weight excluding hydrogens is 463 g/mol. The Balaban J connectivity index is 0.00000576. The second-order valence-corrected chi connectivity index (χ2v) is 6.25. The maximum Gasteiger partial charge on any atom is 0.387 e. The Bertz CT molecular complexity index is 536. The van der Waals surface area contributed by atoms with Crippen LogP contribution in [0.2, 0.25) is 0 Å². The first-order chi connectivity index (χ1) is 11.5. The van der Waals surface area contributed by atoms with Gasteiger partial charge in [0.25, 0.3) is 0 Å². The monoisotopic (exact) mass is 489 g/mol. The highest BCUT2D eigenvalue weighted by Crippen LogP contribution is 2.26. The van der Waals surface area contributed by atoms with Crippen molar-refractivity contribution in [2.45, 2.75) is 32.3 Å². The molecule has 25 heavy (non-hydrogen) atoms. The zero-order chi connectivity index (χ0) is 17.9. The van der Waals surface area contributed by atoms with E-state index in [1.165, 1.54) is 13.2 Å². The fourth-order valence-electron chi connectivity index (χ4n) is 1.85. The van der Waals surface area contributed by atoms with Gasteiger partial charge in [0, 0.05) is 23.9 Å². The van der Waals surface area contributed by atoms with Crippen LogP contribution >= 0.6 is 35.7 Å². The highest BCUT2D eigenvalue weighted by molar-refractivity contribution is 14.0. The predicted molar refractivity (Wildman–Crippen MR) is 111 cm³/mol. The van der Waals surface area contributed by atoms with Gasteiger partial charge < -0.3 is 20.1 Å². The molecule has 1 unspecified atom stereocenters. The highest BCUT2D eigenvalue weighted by Gasteiger charge is 2.11. The Morgan fingerprint density at radius 3 is 2.60 bits per heavy atom. The lowest BCUT2D eigenvalue weighted by Gasteiger charge is -2.15. The van der Waals surface area contributed by atoms with Crippen LogP contribution in [0.1, 0.15) is 19.4 Å². The van der Waals surface area contributed by atoms with Gasteiger partial charge in [0.1, 0.15) is 11.5 Å². The number of methoxy groups -OCH3 is 1. The normalized spacial score (nSPS) is 12.4. The summed E-state index contributed by atoms with van der Waals surface area (Å²) in [4.78, 5) is 4.44. The molecule has 1 atom stereocenters. The van der Waals surface area contributed by atoms with Crippen LogP contribution in [0.15, 0.2) is 23.2 Å². The summed E-state index contributed by atoms with van der Waals surface area (Å²) in [5.74, 6) is 1.29. The zero-order valence-corrected chi connectivity index (χ0v) is 18.0. The van der Waals surface area contributed by atoms with Crippen molar-refractivity contribution >= 4 is 41.7 Å². The Morgan fingerprint density at radius 2 is 2.04 bits per heavy atom. The fraction of sp³-hybridized carbons (Fsp3) is 0.562. The van der Waals surface area contributed by atoms with Gasteiger partial charge in [-0.05, 0) is 31.4 Å². The fourth-order valence-corrected chi connectivity index (χ4v) is 2.10. The first kappa shape index (κ1) is 24.0. The Labute approximate surface area is 169 Å². The smallest absolute Gasteiger partial charge is 0.387 e. The number of rotatable bonds is 9. The van der Waals surface area contributed by atoms with Gasteiger partial charge in [-0.3, -0.25) is 0 Å². The second kappa shape index (κ2) is 13.3. The number of benzene rings is 1. The summed E-state index contributed by atoms with van der Waals surface area (Å²) in [5, 5.41) is 6.79. The zero-order valence-electron chi connectivity index (χ0n) is 14.8. The largest absolute Gasteiger partial charge is 0.497 e. The quantitative estimate of drug-likeness (QED) is 0.315. The molecule has 2 N–H and O–H groups in total. The molecule has 0 heterocycles. The minimum Gasteiger partial charge on any atom is -0.497 e. The van der Waals surface area contributed by atoms with Gasteiger partial charge in [-0.1, -0.05) is 6.92 Å². The van der Waals surface area contributed by atoms with E-state index in [0.717, 1.165) is 6.54 Å². The lowest BCUT2D eigenvalue weighted by atomic mass is 10.2. The molecule has 0 radical (unpaired) electrons. The van der Waals surface area contributed by atoms with Crippen molar-refractivity contribution in [3.63, 3.8) is 0 Å². The van der Waals surface area contributed by atoms with Crippen LogP contribution in [0.25, 0.3) is 0 Å². The minimum atomic E-state index is -2.88. The van der Waals surface area contributed by atoms with Crippen molar-refractivity contribution < 1.29 is 18.3 Å². The van der Waals surface area contributed by atoms with Crippen LogP contribution in [0.5, 0.6) is 11.5 Å². The van der Waals surface area contributed by atoms with Crippen LogP contribution in [-0.4, -0.2) is 44.3 Å². The number of hydrogen-bond acceptors (Lipinski definition) is 4. The summed E-state index contributed by atoms with van der Waals surface area (Å²) < 4.78 is 34.8. The van der Waals surface area contributed by atoms with Gasteiger partial charge in [0.05, 0.1) is 13.7 Å². The number of nitrogens with one attached hydrogen (secondary N) is 2. The van der Waals surface area contributed by atoms with E-state index in [1.807, 2.05) is 13.2 Å². The third kappa shape index (κ3) is 9.34. The van der Waals surface area contributed by atoms with Crippen molar-refractivity contribution in [1.82, 2.24) is 10.6 Å². The first-order valence-corrected chi connectivity index (χ1v) is 8.95.